The molecule has 106 valence electrons. The highest BCUT2D eigenvalue weighted by atomic mass is 16.5. The van der Waals surface area contributed by atoms with Gasteiger partial charge < -0.3 is 14.8 Å². The van der Waals surface area contributed by atoms with Crippen LogP contribution in [0, 0.1) is 0 Å². The first kappa shape index (κ1) is 16.0. The summed E-state index contributed by atoms with van der Waals surface area (Å²) >= 11 is 0. The number of ether oxygens (including phenoxy) is 1. The van der Waals surface area contributed by atoms with Crippen molar-refractivity contribution in [2.45, 2.75) is 26.7 Å². The van der Waals surface area contributed by atoms with Gasteiger partial charge in [-0.1, -0.05) is 26.0 Å². The maximum absolute atomic E-state index is 8.99. The van der Waals surface area contributed by atoms with Gasteiger partial charge in [-0.2, -0.15) is 0 Å². The smallest absolute Gasteiger partial charge is 0.488 e. The van der Waals surface area contributed by atoms with E-state index in [0.29, 0.717) is 12.1 Å². The Balaban J connectivity index is 2.35. The zero-order chi connectivity index (χ0) is 14.1. The van der Waals surface area contributed by atoms with Gasteiger partial charge in [0.15, 0.2) is 0 Å². The second kappa shape index (κ2) is 8.96. The van der Waals surface area contributed by atoms with Crippen LogP contribution in [0.4, 0.5) is 0 Å². The summed E-state index contributed by atoms with van der Waals surface area (Å²) in [5, 5.41) is 18.0. The molecule has 1 rings (SSSR count). The minimum absolute atomic E-state index is 0.478. The Morgan fingerprint density at radius 3 is 2.05 bits per heavy atom. The molecule has 1 aromatic rings. The first-order valence-corrected chi connectivity index (χ1v) is 6.98. The molecule has 0 atom stereocenters. The summed E-state index contributed by atoms with van der Waals surface area (Å²) in [5.41, 5.74) is 0.478. The molecule has 0 spiro atoms. The van der Waals surface area contributed by atoms with Crippen LogP contribution in [-0.2, 0) is 0 Å². The molecule has 0 aliphatic carbocycles. The largest absolute Gasteiger partial charge is 0.492 e. The molecular formula is C14H24BNO3. The summed E-state index contributed by atoms with van der Waals surface area (Å²) in [5.74, 6) is 0.761. The molecule has 0 fully saturated rings. The van der Waals surface area contributed by atoms with Crippen molar-refractivity contribution in [1.82, 2.24) is 4.90 Å². The lowest BCUT2D eigenvalue weighted by Crippen LogP contribution is -2.30. The summed E-state index contributed by atoms with van der Waals surface area (Å²) in [6, 6.07) is 6.85. The van der Waals surface area contributed by atoms with Gasteiger partial charge in [0.1, 0.15) is 12.4 Å². The molecule has 1 aromatic carbocycles. The maximum Gasteiger partial charge on any atom is 0.488 e. The standard InChI is InChI=1S/C14H24BNO3/c1-3-9-16(10-4-2)11-12-19-14-7-5-13(6-8-14)15(17)18/h5-8,17-18H,3-4,9-12H2,1-2H3. The van der Waals surface area contributed by atoms with E-state index >= 15 is 0 Å². The summed E-state index contributed by atoms with van der Waals surface area (Å²) in [7, 11) is -1.42. The number of hydrogen-bond acceptors (Lipinski definition) is 4. The highest BCUT2D eigenvalue weighted by Gasteiger charge is 2.10. The molecule has 0 radical (unpaired) electrons. The van der Waals surface area contributed by atoms with Crippen LogP contribution in [0.3, 0.4) is 0 Å². The third kappa shape index (κ3) is 6.10. The van der Waals surface area contributed by atoms with Gasteiger partial charge in [-0.05, 0) is 43.5 Å². The van der Waals surface area contributed by atoms with E-state index in [4.69, 9.17) is 14.8 Å². The van der Waals surface area contributed by atoms with Crippen molar-refractivity contribution in [3.8, 4) is 5.75 Å². The van der Waals surface area contributed by atoms with E-state index in [0.717, 1.165) is 38.2 Å². The van der Waals surface area contributed by atoms with Crippen LogP contribution >= 0.6 is 0 Å². The van der Waals surface area contributed by atoms with E-state index in [1.54, 1.807) is 24.3 Å². The van der Waals surface area contributed by atoms with E-state index in [-0.39, 0.29) is 0 Å². The Bertz CT molecular complexity index is 337. The van der Waals surface area contributed by atoms with E-state index in [9.17, 15) is 0 Å². The summed E-state index contributed by atoms with van der Waals surface area (Å²) < 4.78 is 5.66. The molecule has 0 unspecified atom stereocenters. The average molecular weight is 265 g/mol. The third-order valence-corrected chi connectivity index (χ3v) is 2.93. The molecule has 19 heavy (non-hydrogen) atoms. The van der Waals surface area contributed by atoms with Crippen molar-refractivity contribution in [1.29, 1.82) is 0 Å². The molecule has 0 amide bonds. The van der Waals surface area contributed by atoms with Crippen LogP contribution in [0.1, 0.15) is 26.7 Å². The molecule has 4 nitrogen and oxygen atoms in total. The molecule has 0 aliphatic heterocycles. The first-order valence-electron chi connectivity index (χ1n) is 6.98. The topological polar surface area (TPSA) is 52.9 Å². The van der Waals surface area contributed by atoms with Gasteiger partial charge in [-0.15, -0.1) is 0 Å². The third-order valence-electron chi connectivity index (χ3n) is 2.93. The Morgan fingerprint density at radius 2 is 1.58 bits per heavy atom. The van der Waals surface area contributed by atoms with Crippen LogP contribution in [0.15, 0.2) is 24.3 Å². The predicted molar refractivity (Wildman–Crippen MR) is 78.8 cm³/mol. The second-order valence-electron chi connectivity index (χ2n) is 4.63. The fourth-order valence-corrected chi connectivity index (χ4v) is 2.00. The normalized spacial score (nSPS) is 10.8. The molecule has 0 heterocycles. The quantitative estimate of drug-likeness (QED) is 0.650. The van der Waals surface area contributed by atoms with Gasteiger partial charge in [0.05, 0.1) is 0 Å². The Labute approximate surface area is 116 Å². The molecule has 0 saturated heterocycles. The Hall–Kier alpha value is -1.04. The lowest BCUT2D eigenvalue weighted by atomic mass is 9.80. The van der Waals surface area contributed by atoms with Gasteiger partial charge in [0.25, 0.3) is 0 Å². The molecule has 2 N–H and O–H groups in total. The predicted octanol–water partition coefficient (Wildman–Crippen LogP) is 0.867. The number of nitrogens with zero attached hydrogens (tertiary/aromatic N) is 1. The van der Waals surface area contributed by atoms with Gasteiger partial charge in [0, 0.05) is 6.54 Å². The van der Waals surface area contributed by atoms with Crippen molar-refractivity contribution < 1.29 is 14.8 Å². The fourth-order valence-electron chi connectivity index (χ4n) is 2.00. The molecule has 0 saturated carbocycles. The minimum Gasteiger partial charge on any atom is -0.492 e. The highest BCUT2D eigenvalue weighted by molar-refractivity contribution is 6.58. The van der Waals surface area contributed by atoms with Crippen LogP contribution in [0.5, 0.6) is 5.75 Å². The van der Waals surface area contributed by atoms with E-state index < -0.39 is 7.12 Å². The minimum atomic E-state index is -1.42. The van der Waals surface area contributed by atoms with E-state index in [1.807, 2.05) is 0 Å². The number of hydrogen-bond donors (Lipinski definition) is 2. The lowest BCUT2D eigenvalue weighted by Gasteiger charge is -2.20. The SMILES string of the molecule is CCCN(CCC)CCOc1ccc(B(O)O)cc1. The van der Waals surface area contributed by atoms with E-state index in [1.165, 1.54) is 0 Å². The molecule has 5 heteroatoms. The molecule has 0 bridgehead atoms. The maximum atomic E-state index is 8.99. The summed E-state index contributed by atoms with van der Waals surface area (Å²) in [4.78, 5) is 2.39. The Kier molecular flexibility index (Phi) is 7.56. The second-order valence-corrected chi connectivity index (χ2v) is 4.63. The number of rotatable bonds is 9. The zero-order valence-electron chi connectivity index (χ0n) is 11.9. The zero-order valence-corrected chi connectivity index (χ0v) is 11.9. The Morgan fingerprint density at radius 1 is 1.00 bits per heavy atom. The monoisotopic (exact) mass is 265 g/mol. The molecular weight excluding hydrogens is 241 g/mol. The van der Waals surface area contributed by atoms with Crippen molar-refractivity contribution in [3.05, 3.63) is 24.3 Å². The molecule has 0 aliphatic rings. The molecule has 0 aromatic heterocycles. The van der Waals surface area contributed by atoms with Crippen molar-refractivity contribution in [2.75, 3.05) is 26.2 Å². The number of benzene rings is 1. The van der Waals surface area contributed by atoms with Crippen molar-refractivity contribution >= 4 is 12.6 Å². The van der Waals surface area contributed by atoms with Gasteiger partial charge >= 0.3 is 7.12 Å². The lowest BCUT2D eigenvalue weighted by molar-refractivity contribution is 0.209. The summed E-state index contributed by atoms with van der Waals surface area (Å²) in [6.07, 6.45) is 2.31. The van der Waals surface area contributed by atoms with Gasteiger partial charge in [-0.25, -0.2) is 0 Å². The van der Waals surface area contributed by atoms with E-state index in [2.05, 4.69) is 18.7 Å². The summed E-state index contributed by atoms with van der Waals surface area (Å²) in [6.45, 7) is 8.15. The van der Waals surface area contributed by atoms with Crippen molar-refractivity contribution in [3.63, 3.8) is 0 Å². The van der Waals surface area contributed by atoms with Crippen LogP contribution in [0.25, 0.3) is 0 Å². The van der Waals surface area contributed by atoms with Gasteiger partial charge in [-0.3, -0.25) is 4.90 Å². The first-order chi connectivity index (χ1) is 9.17. The van der Waals surface area contributed by atoms with Crippen molar-refractivity contribution in [2.24, 2.45) is 0 Å². The average Bonchev–Trinajstić information content (AvgIpc) is 2.40. The fraction of sp³-hybridized carbons (Fsp3) is 0.571. The highest BCUT2D eigenvalue weighted by Crippen LogP contribution is 2.07. The van der Waals surface area contributed by atoms with Crippen LogP contribution in [0.2, 0.25) is 0 Å². The van der Waals surface area contributed by atoms with Gasteiger partial charge in [0.2, 0.25) is 0 Å². The van der Waals surface area contributed by atoms with Crippen LogP contribution < -0.4 is 10.2 Å². The van der Waals surface area contributed by atoms with Crippen LogP contribution in [-0.4, -0.2) is 48.3 Å².